The van der Waals surface area contributed by atoms with Gasteiger partial charge in [-0.15, -0.1) is 0 Å². The van der Waals surface area contributed by atoms with Crippen molar-refractivity contribution in [2.45, 2.75) is 65.5 Å². The molecule has 1 unspecified atom stereocenters. The van der Waals surface area contributed by atoms with Crippen molar-refractivity contribution in [3.05, 3.63) is 87.9 Å². The summed E-state index contributed by atoms with van der Waals surface area (Å²) in [7, 11) is 0. The first-order valence-electron chi connectivity index (χ1n) is 12.7. The fourth-order valence-electron chi connectivity index (χ4n) is 4.39. The number of esters is 1. The number of carbonyl (C=O) groups excluding carboxylic acids is 2. The largest absolute Gasteiger partial charge is 0.459 e. The number of amides is 1. The molecule has 37 heavy (non-hydrogen) atoms. The van der Waals surface area contributed by atoms with E-state index in [1.807, 2.05) is 49.3 Å². The third-order valence-corrected chi connectivity index (χ3v) is 7.14. The van der Waals surface area contributed by atoms with E-state index in [0.717, 1.165) is 22.1 Å². The molecule has 0 radical (unpaired) electrons. The van der Waals surface area contributed by atoms with Gasteiger partial charge >= 0.3 is 5.97 Å². The van der Waals surface area contributed by atoms with E-state index >= 15 is 0 Å². The van der Waals surface area contributed by atoms with Gasteiger partial charge in [0.05, 0.1) is 29.8 Å². The molecule has 2 aliphatic heterocycles. The Hall–Kier alpha value is -3.39. The number of nitrogens with zero attached hydrogens (tertiary/aromatic N) is 3. The number of hydrogen-bond donors (Lipinski definition) is 1. The summed E-state index contributed by atoms with van der Waals surface area (Å²) in [5.74, 6) is -0.0763. The third kappa shape index (κ3) is 6.31. The van der Waals surface area contributed by atoms with Gasteiger partial charge in [-0.25, -0.2) is 9.79 Å². The summed E-state index contributed by atoms with van der Waals surface area (Å²) >= 11 is 1.47. The second-order valence-corrected chi connectivity index (χ2v) is 10.6. The number of fused-ring (bicyclic) bond motifs is 1. The van der Waals surface area contributed by atoms with Crippen molar-refractivity contribution in [1.29, 1.82) is 0 Å². The summed E-state index contributed by atoms with van der Waals surface area (Å²) in [6.07, 6.45) is 2.34. The summed E-state index contributed by atoms with van der Waals surface area (Å²) in [5.41, 5.74) is 5.05. The Labute approximate surface area is 223 Å². The molecule has 1 N–H and O–H groups in total. The average Bonchev–Trinajstić information content (AvgIpc) is 3.25. The quantitative estimate of drug-likeness (QED) is 0.443. The summed E-state index contributed by atoms with van der Waals surface area (Å²) in [5, 5.41) is 5.71. The van der Waals surface area contributed by atoms with E-state index in [1.54, 1.807) is 6.20 Å². The van der Waals surface area contributed by atoms with Crippen molar-refractivity contribution < 1.29 is 14.3 Å². The van der Waals surface area contributed by atoms with E-state index in [2.05, 4.69) is 48.4 Å². The molecule has 0 fully saturated rings. The minimum absolute atomic E-state index is 0.0875. The molecule has 1 atom stereocenters. The number of nitrogens with one attached hydrogen (secondary N) is 1. The standard InChI is InChI=1S/C29H34N4O3S/c1-18(2)21-9-11-22(12-10-21)27-26(28(35)36-19(3)4)20(5)32-29-33(27)24(17-37-29)16-25(34)31-15-13-23-8-6-7-14-30-23/h6-12,14,17-19,27H,13,15-16H2,1-5H3,(H,31,34). The normalized spacial score (nSPS) is 17.1. The van der Waals surface area contributed by atoms with Crippen LogP contribution in [0.2, 0.25) is 0 Å². The predicted octanol–water partition coefficient (Wildman–Crippen LogP) is 5.48. The second-order valence-electron chi connectivity index (χ2n) is 9.77. The first-order valence-corrected chi connectivity index (χ1v) is 13.5. The molecular formula is C29H34N4O3S. The molecule has 1 aromatic carbocycles. The lowest BCUT2D eigenvalue weighted by Gasteiger charge is -2.36. The Kier molecular flexibility index (Phi) is 8.48. The number of amidine groups is 1. The molecule has 8 heteroatoms. The molecule has 7 nitrogen and oxygen atoms in total. The second kappa shape index (κ2) is 11.8. The van der Waals surface area contributed by atoms with Crippen LogP contribution < -0.4 is 5.32 Å². The molecule has 2 aliphatic rings. The Morgan fingerprint density at radius 3 is 2.51 bits per heavy atom. The van der Waals surface area contributed by atoms with Gasteiger partial charge in [-0.2, -0.15) is 0 Å². The van der Waals surface area contributed by atoms with Gasteiger partial charge in [0, 0.05) is 30.6 Å². The number of rotatable bonds is 9. The highest BCUT2D eigenvalue weighted by Crippen LogP contribution is 2.45. The molecule has 0 bridgehead atoms. The molecule has 0 saturated heterocycles. The number of benzene rings is 1. The zero-order valence-corrected chi connectivity index (χ0v) is 22.8. The average molecular weight is 519 g/mol. The van der Waals surface area contributed by atoms with Crippen molar-refractivity contribution in [2.75, 3.05) is 6.54 Å². The molecular weight excluding hydrogens is 484 g/mol. The molecule has 0 spiro atoms. The molecule has 0 saturated carbocycles. The molecule has 1 aromatic heterocycles. The molecule has 1 amide bonds. The molecule has 194 valence electrons. The van der Waals surface area contributed by atoms with E-state index in [-0.39, 0.29) is 24.4 Å². The Bertz CT molecular complexity index is 1230. The highest BCUT2D eigenvalue weighted by molar-refractivity contribution is 8.16. The van der Waals surface area contributed by atoms with Crippen LogP contribution in [0.5, 0.6) is 0 Å². The highest BCUT2D eigenvalue weighted by Gasteiger charge is 2.41. The number of ether oxygens (including phenoxy) is 1. The van der Waals surface area contributed by atoms with Crippen molar-refractivity contribution in [3.63, 3.8) is 0 Å². The highest BCUT2D eigenvalue weighted by atomic mass is 32.2. The van der Waals surface area contributed by atoms with Crippen molar-refractivity contribution >= 4 is 28.8 Å². The van der Waals surface area contributed by atoms with Crippen LogP contribution in [0.3, 0.4) is 0 Å². The summed E-state index contributed by atoms with van der Waals surface area (Å²) in [6, 6.07) is 13.7. The number of aromatic nitrogens is 1. The fourth-order valence-corrected chi connectivity index (χ4v) is 5.35. The summed E-state index contributed by atoms with van der Waals surface area (Å²) < 4.78 is 5.63. The third-order valence-electron chi connectivity index (χ3n) is 6.25. The maximum atomic E-state index is 13.3. The van der Waals surface area contributed by atoms with E-state index in [9.17, 15) is 9.59 Å². The summed E-state index contributed by atoms with van der Waals surface area (Å²) in [4.78, 5) is 37.2. The Morgan fingerprint density at radius 2 is 1.86 bits per heavy atom. The minimum Gasteiger partial charge on any atom is -0.459 e. The topological polar surface area (TPSA) is 83.9 Å². The van der Waals surface area contributed by atoms with Crippen molar-refractivity contribution in [3.8, 4) is 0 Å². The zero-order valence-electron chi connectivity index (χ0n) is 22.0. The van der Waals surface area contributed by atoms with Crippen LogP contribution in [-0.4, -0.2) is 39.6 Å². The SMILES string of the molecule is CC1=C(C(=O)OC(C)C)C(c2ccc(C(C)C)cc2)N2C(CC(=O)NCCc3ccccn3)=CSC2=N1. The van der Waals surface area contributed by atoms with E-state index < -0.39 is 6.04 Å². The fraction of sp³-hybridized carbons (Fsp3) is 0.379. The van der Waals surface area contributed by atoms with Gasteiger partial charge < -0.3 is 15.0 Å². The molecule has 4 rings (SSSR count). The van der Waals surface area contributed by atoms with Gasteiger partial charge in [0.2, 0.25) is 5.91 Å². The minimum atomic E-state index is -0.428. The van der Waals surface area contributed by atoms with Gasteiger partial charge in [0.1, 0.15) is 0 Å². The van der Waals surface area contributed by atoms with Gasteiger partial charge in [0.15, 0.2) is 5.17 Å². The predicted molar refractivity (Wildman–Crippen MR) is 148 cm³/mol. The monoisotopic (exact) mass is 518 g/mol. The number of aliphatic imine (C=N–C) groups is 1. The number of pyridine rings is 1. The van der Waals surface area contributed by atoms with E-state index in [1.165, 1.54) is 17.3 Å². The van der Waals surface area contributed by atoms with Crippen LogP contribution in [0.25, 0.3) is 0 Å². The van der Waals surface area contributed by atoms with E-state index in [4.69, 9.17) is 9.73 Å². The van der Waals surface area contributed by atoms with Crippen LogP contribution in [0.4, 0.5) is 0 Å². The van der Waals surface area contributed by atoms with Crippen molar-refractivity contribution in [1.82, 2.24) is 15.2 Å². The Morgan fingerprint density at radius 1 is 1.11 bits per heavy atom. The van der Waals surface area contributed by atoms with Crippen LogP contribution in [0, 0.1) is 0 Å². The van der Waals surface area contributed by atoms with Crippen LogP contribution in [0.1, 0.15) is 69.8 Å². The smallest absolute Gasteiger partial charge is 0.338 e. The molecule has 2 aromatic rings. The van der Waals surface area contributed by atoms with Gasteiger partial charge in [0.25, 0.3) is 0 Å². The Balaban J connectivity index is 1.58. The first-order chi connectivity index (χ1) is 17.7. The van der Waals surface area contributed by atoms with E-state index in [0.29, 0.717) is 30.2 Å². The molecule has 0 aliphatic carbocycles. The van der Waals surface area contributed by atoms with Gasteiger partial charge in [-0.05, 0) is 55.4 Å². The lowest BCUT2D eigenvalue weighted by molar-refractivity contribution is -0.143. The maximum Gasteiger partial charge on any atom is 0.338 e. The van der Waals surface area contributed by atoms with Gasteiger partial charge in [-0.3, -0.25) is 9.78 Å². The lowest BCUT2D eigenvalue weighted by atomic mass is 9.92. The number of hydrogen-bond acceptors (Lipinski definition) is 7. The van der Waals surface area contributed by atoms with Crippen LogP contribution >= 0.6 is 11.8 Å². The first kappa shape index (κ1) is 26.7. The number of thioether (sulfide) groups is 1. The maximum absolute atomic E-state index is 13.3. The number of carbonyl (C=O) groups is 2. The van der Waals surface area contributed by atoms with Crippen molar-refractivity contribution in [2.24, 2.45) is 4.99 Å². The number of allylic oxidation sites excluding steroid dienone is 1. The molecule has 3 heterocycles. The lowest BCUT2D eigenvalue weighted by Crippen LogP contribution is -2.38. The van der Waals surface area contributed by atoms with Crippen LogP contribution in [0.15, 0.2) is 76.0 Å². The summed E-state index contributed by atoms with van der Waals surface area (Å²) in [6.45, 7) is 10.3. The van der Waals surface area contributed by atoms with Gasteiger partial charge in [-0.1, -0.05) is 55.9 Å². The van der Waals surface area contributed by atoms with Crippen LogP contribution in [-0.2, 0) is 20.7 Å². The zero-order chi connectivity index (χ0) is 26.5.